The second-order valence-electron chi connectivity index (χ2n) is 5.39. The van der Waals surface area contributed by atoms with E-state index < -0.39 is 0 Å². The molecule has 2 nitrogen and oxygen atoms in total. The van der Waals surface area contributed by atoms with Crippen LogP contribution in [0.15, 0.2) is 12.1 Å². The highest BCUT2D eigenvalue weighted by Gasteiger charge is 2.21. The van der Waals surface area contributed by atoms with Crippen LogP contribution in [0.4, 0.5) is 0 Å². The Morgan fingerprint density at radius 1 is 1.22 bits per heavy atom. The molecule has 0 aromatic heterocycles. The standard InChI is InChI=1S/C15H24ClNO/c1-11-8-13(9-12(2)14(11)18-5)15(3,4)10-17-7-6-16/h8-9,17H,6-7,10H2,1-5H3. The predicted octanol–water partition coefficient (Wildman–Crippen LogP) is 3.42. The van der Waals surface area contributed by atoms with E-state index in [4.69, 9.17) is 16.3 Å². The Morgan fingerprint density at radius 3 is 2.22 bits per heavy atom. The molecule has 0 aliphatic carbocycles. The van der Waals surface area contributed by atoms with E-state index in [-0.39, 0.29) is 5.41 Å². The average molecular weight is 270 g/mol. The van der Waals surface area contributed by atoms with Crippen molar-refractivity contribution in [2.45, 2.75) is 33.1 Å². The van der Waals surface area contributed by atoms with E-state index in [1.807, 2.05) is 0 Å². The van der Waals surface area contributed by atoms with Crippen LogP contribution in [0.3, 0.4) is 0 Å². The van der Waals surface area contributed by atoms with Crippen LogP contribution in [-0.2, 0) is 5.41 Å². The highest BCUT2D eigenvalue weighted by molar-refractivity contribution is 6.18. The number of hydrogen-bond acceptors (Lipinski definition) is 2. The van der Waals surface area contributed by atoms with Crippen molar-refractivity contribution in [3.05, 3.63) is 28.8 Å². The van der Waals surface area contributed by atoms with Crippen molar-refractivity contribution in [2.75, 3.05) is 26.1 Å². The van der Waals surface area contributed by atoms with Crippen LogP contribution in [0.5, 0.6) is 5.75 Å². The average Bonchev–Trinajstić information content (AvgIpc) is 2.28. The summed E-state index contributed by atoms with van der Waals surface area (Å²) in [6, 6.07) is 4.43. The minimum atomic E-state index is 0.0911. The van der Waals surface area contributed by atoms with Gasteiger partial charge in [0, 0.05) is 24.4 Å². The third-order valence-electron chi connectivity index (χ3n) is 3.28. The van der Waals surface area contributed by atoms with Gasteiger partial charge in [0.05, 0.1) is 7.11 Å². The van der Waals surface area contributed by atoms with Crippen LogP contribution in [0.1, 0.15) is 30.5 Å². The molecule has 102 valence electrons. The SMILES string of the molecule is COc1c(C)cc(C(C)(C)CNCCCl)cc1C. The number of benzene rings is 1. The summed E-state index contributed by atoms with van der Waals surface area (Å²) in [4.78, 5) is 0. The summed E-state index contributed by atoms with van der Waals surface area (Å²) in [6.45, 7) is 10.4. The molecule has 0 saturated heterocycles. The maximum atomic E-state index is 5.69. The second kappa shape index (κ2) is 6.44. The molecule has 18 heavy (non-hydrogen) atoms. The zero-order valence-electron chi connectivity index (χ0n) is 12.1. The summed E-state index contributed by atoms with van der Waals surface area (Å²) in [7, 11) is 1.72. The molecule has 3 heteroatoms. The fraction of sp³-hybridized carbons (Fsp3) is 0.600. The smallest absolute Gasteiger partial charge is 0.124 e. The summed E-state index contributed by atoms with van der Waals surface area (Å²) in [5.74, 6) is 1.64. The van der Waals surface area contributed by atoms with E-state index in [9.17, 15) is 0 Å². The molecule has 0 spiro atoms. The Hall–Kier alpha value is -0.730. The Morgan fingerprint density at radius 2 is 1.78 bits per heavy atom. The number of rotatable bonds is 6. The lowest BCUT2D eigenvalue weighted by molar-refractivity contribution is 0.407. The van der Waals surface area contributed by atoms with Crippen LogP contribution in [0.2, 0.25) is 0 Å². The lowest BCUT2D eigenvalue weighted by Gasteiger charge is -2.27. The summed E-state index contributed by atoms with van der Waals surface area (Å²) in [5, 5.41) is 3.38. The normalized spacial score (nSPS) is 11.7. The summed E-state index contributed by atoms with van der Waals surface area (Å²) >= 11 is 5.69. The van der Waals surface area contributed by atoms with Gasteiger partial charge in [0.1, 0.15) is 5.75 Å². The fourth-order valence-electron chi connectivity index (χ4n) is 2.23. The van der Waals surface area contributed by atoms with Gasteiger partial charge >= 0.3 is 0 Å². The first kappa shape index (κ1) is 15.3. The number of nitrogens with one attached hydrogen (secondary N) is 1. The predicted molar refractivity (Wildman–Crippen MR) is 79.1 cm³/mol. The van der Waals surface area contributed by atoms with Crippen LogP contribution in [0, 0.1) is 13.8 Å². The summed E-state index contributed by atoms with van der Waals surface area (Å²) < 4.78 is 5.41. The van der Waals surface area contributed by atoms with Gasteiger partial charge in [0.25, 0.3) is 0 Å². The highest BCUT2D eigenvalue weighted by Crippen LogP contribution is 2.30. The molecule has 0 atom stereocenters. The van der Waals surface area contributed by atoms with Crippen molar-refractivity contribution in [1.82, 2.24) is 5.32 Å². The Bertz CT molecular complexity index is 378. The number of methoxy groups -OCH3 is 1. The molecule has 0 heterocycles. The molecular formula is C15H24ClNO. The number of halogens is 1. The minimum absolute atomic E-state index is 0.0911. The van der Waals surface area contributed by atoms with Gasteiger partial charge in [-0.15, -0.1) is 11.6 Å². The maximum Gasteiger partial charge on any atom is 0.124 e. The molecule has 0 radical (unpaired) electrons. The van der Waals surface area contributed by atoms with Crippen LogP contribution < -0.4 is 10.1 Å². The van der Waals surface area contributed by atoms with Crippen LogP contribution >= 0.6 is 11.6 Å². The van der Waals surface area contributed by atoms with Crippen molar-refractivity contribution in [3.63, 3.8) is 0 Å². The number of hydrogen-bond donors (Lipinski definition) is 1. The zero-order chi connectivity index (χ0) is 13.8. The second-order valence-corrected chi connectivity index (χ2v) is 5.77. The molecule has 1 N–H and O–H groups in total. The lowest BCUT2D eigenvalue weighted by atomic mass is 9.82. The van der Waals surface area contributed by atoms with Crippen molar-refractivity contribution in [2.24, 2.45) is 0 Å². The molecule has 1 aromatic carbocycles. The first-order chi connectivity index (χ1) is 8.42. The monoisotopic (exact) mass is 269 g/mol. The van der Waals surface area contributed by atoms with Crippen molar-refractivity contribution >= 4 is 11.6 Å². The van der Waals surface area contributed by atoms with Gasteiger partial charge < -0.3 is 10.1 Å². The van der Waals surface area contributed by atoms with Gasteiger partial charge in [-0.25, -0.2) is 0 Å². The molecule has 1 rings (SSSR count). The van der Waals surface area contributed by atoms with E-state index in [0.717, 1.165) is 18.8 Å². The van der Waals surface area contributed by atoms with Crippen molar-refractivity contribution < 1.29 is 4.74 Å². The molecule has 0 fully saturated rings. The van der Waals surface area contributed by atoms with E-state index >= 15 is 0 Å². The van der Waals surface area contributed by atoms with Crippen LogP contribution in [-0.4, -0.2) is 26.1 Å². The van der Waals surface area contributed by atoms with E-state index in [2.05, 4.69) is 45.1 Å². The Labute approximate surface area is 116 Å². The number of ether oxygens (including phenoxy) is 1. The topological polar surface area (TPSA) is 21.3 Å². The highest BCUT2D eigenvalue weighted by atomic mass is 35.5. The molecule has 0 saturated carbocycles. The molecule has 0 unspecified atom stereocenters. The number of aryl methyl sites for hydroxylation is 2. The van der Waals surface area contributed by atoms with Crippen LogP contribution in [0.25, 0.3) is 0 Å². The van der Waals surface area contributed by atoms with Gasteiger partial charge in [-0.1, -0.05) is 26.0 Å². The number of alkyl halides is 1. The largest absolute Gasteiger partial charge is 0.496 e. The van der Waals surface area contributed by atoms with E-state index in [1.165, 1.54) is 16.7 Å². The molecule has 0 bridgehead atoms. The van der Waals surface area contributed by atoms with Gasteiger partial charge in [0.15, 0.2) is 0 Å². The first-order valence-corrected chi connectivity index (χ1v) is 6.88. The molecule has 1 aromatic rings. The Kier molecular flexibility index (Phi) is 5.48. The quantitative estimate of drug-likeness (QED) is 0.631. The zero-order valence-corrected chi connectivity index (χ0v) is 12.8. The van der Waals surface area contributed by atoms with Crippen molar-refractivity contribution in [1.29, 1.82) is 0 Å². The molecule has 0 amide bonds. The fourth-order valence-corrected chi connectivity index (χ4v) is 2.37. The first-order valence-electron chi connectivity index (χ1n) is 6.34. The van der Waals surface area contributed by atoms with Gasteiger partial charge in [-0.2, -0.15) is 0 Å². The summed E-state index contributed by atoms with van der Waals surface area (Å²) in [6.07, 6.45) is 0. The minimum Gasteiger partial charge on any atom is -0.496 e. The molecular weight excluding hydrogens is 246 g/mol. The van der Waals surface area contributed by atoms with Gasteiger partial charge in [0.2, 0.25) is 0 Å². The van der Waals surface area contributed by atoms with E-state index in [1.54, 1.807) is 7.11 Å². The lowest BCUT2D eigenvalue weighted by Crippen LogP contribution is -2.34. The van der Waals surface area contributed by atoms with Crippen molar-refractivity contribution in [3.8, 4) is 5.75 Å². The Balaban J connectivity index is 2.95. The van der Waals surface area contributed by atoms with Gasteiger partial charge in [-0.3, -0.25) is 0 Å². The third-order valence-corrected chi connectivity index (χ3v) is 3.47. The maximum absolute atomic E-state index is 5.69. The summed E-state index contributed by atoms with van der Waals surface area (Å²) in [5.41, 5.74) is 3.81. The molecule has 0 aliphatic heterocycles. The molecule has 0 aliphatic rings. The third kappa shape index (κ3) is 3.63. The van der Waals surface area contributed by atoms with E-state index in [0.29, 0.717) is 5.88 Å². The van der Waals surface area contributed by atoms with Gasteiger partial charge in [-0.05, 0) is 30.5 Å².